The van der Waals surface area contributed by atoms with Crippen molar-refractivity contribution in [2.45, 2.75) is 38.3 Å². The smallest absolute Gasteiger partial charge is 0.399 e. The molecule has 5 N–H and O–H groups in total. The summed E-state index contributed by atoms with van der Waals surface area (Å²) in [6.45, 7) is 0.267. The minimum atomic E-state index is -4.86. The molecule has 1 aliphatic rings. The SMILES string of the molecule is NCc1cccc(NC(=O)c2cc(C(F)(F)F)nn2-c2cc(COC(c3cccc(N)c3)C3CC3)ccc2F)c1. The maximum absolute atomic E-state index is 15.0. The molecule has 0 spiro atoms. The largest absolute Gasteiger partial charge is 0.435 e. The summed E-state index contributed by atoms with van der Waals surface area (Å²) in [6, 6.07) is 18.5. The molecule has 1 amide bonds. The number of carbonyl (C=O) groups excluding carboxylic acids is 1. The van der Waals surface area contributed by atoms with E-state index in [1.165, 1.54) is 12.1 Å². The first-order chi connectivity index (χ1) is 19.1. The van der Waals surface area contributed by atoms with E-state index in [0.717, 1.165) is 24.5 Å². The Labute approximate surface area is 227 Å². The molecule has 0 saturated heterocycles. The number of carbonyl (C=O) groups is 1. The van der Waals surface area contributed by atoms with Gasteiger partial charge in [0.2, 0.25) is 0 Å². The predicted octanol–water partition coefficient (Wildman–Crippen LogP) is 5.99. The summed E-state index contributed by atoms with van der Waals surface area (Å²) in [4.78, 5) is 13.1. The van der Waals surface area contributed by atoms with Gasteiger partial charge in [0.1, 0.15) is 17.2 Å². The standard InChI is InChI=1S/C29H27F4N5O2/c30-23-10-7-18(16-40-27(19-8-9-19)20-4-2-5-21(35)13-20)12-24(23)38-25(14-26(37-38)29(31,32)33)28(39)36-22-6-1-3-17(11-22)15-34/h1-7,10-14,19,27H,8-9,15-16,34-35H2,(H,36,39). The van der Waals surface area contributed by atoms with Crippen molar-refractivity contribution >= 4 is 17.3 Å². The molecular formula is C29H27F4N5O2. The lowest BCUT2D eigenvalue weighted by molar-refractivity contribution is -0.141. The normalized spacial score (nSPS) is 14.2. The summed E-state index contributed by atoms with van der Waals surface area (Å²) in [5, 5.41) is 6.10. The van der Waals surface area contributed by atoms with Crippen molar-refractivity contribution in [3.63, 3.8) is 0 Å². The molecule has 11 heteroatoms. The Morgan fingerprint density at radius 3 is 2.52 bits per heavy atom. The highest BCUT2D eigenvalue weighted by Gasteiger charge is 2.37. The second-order valence-corrected chi connectivity index (χ2v) is 9.71. The summed E-state index contributed by atoms with van der Waals surface area (Å²) in [5.41, 5.74) is 12.5. The van der Waals surface area contributed by atoms with Crippen LogP contribution in [0.4, 0.5) is 28.9 Å². The number of aromatic nitrogens is 2. The molecule has 1 aliphatic carbocycles. The van der Waals surface area contributed by atoms with Gasteiger partial charge in [-0.1, -0.05) is 30.3 Å². The number of amides is 1. The van der Waals surface area contributed by atoms with Crippen LogP contribution in [0.2, 0.25) is 0 Å². The highest BCUT2D eigenvalue weighted by molar-refractivity contribution is 6.03. The first-order valence-corrected chi connectivity index (χ1v) is 12.7. The zero-order chi connectivity index (χ0) is 28.4. The van der Waals surface area contributed by atoms with Gasteiger partial charge in [0.05, 0.1) is 12.7 Å². The van der Waals surface area contributed by atoms with Crippen LogP contribution in [-0.2, 0) is 24.1 Å². The van der Waals surface area contributed by atoms with Crippen molar-refractivity contribution < 1.29 is 27.1 Å². The molecule has 4 aromatic rings. The molecule has 0 bridgehead atoms. The van der Waals surface area contributed by atoms with Gasteiger partial charge in [-0.05, 0) is 71.8 Å². The third kappa shape index (κ3) is 6.16. The number of nitrogens with two attached hydrogens (primary N) is 2. The number of hydrogen-bond acceptors (Lipinski definition) is 5. The number of alkyl halides is 3. The Morgan fingerprint density at radius 1 is 1.05 bits per heavy atom. The third-order valence-electron chi connectivity index (χ3n) is 6.61. The molecule has 0 aliphatic heterocycles. The molecule has 0 radical (unpaired) electrons. The number of nitrogens with zero attached hydrogens (tertiary/aromatic N) is 2. The molecular weight excluding hydrogens is 526 g/mol. The second kappa shape index (κ2) is 11.1. The van der Waals surface area contributed by atoms with E-state index in [9.17, 15) is 18.0 Å². The quantitative estimate of drug-likeness (QED) is 0.174. The van der Waals surface area contributed by atoms with Crippen molar-refractivity contribution in [3.8, 4) is 5.69 Å². The van der Waals surface area contributed by atoms with Gasteiger partial charge in [0.25, 0.3) is 5.91 Å². The lowest BCUT2D eigenvalue weighted by Crippen LogP contribution is -2.18. The number of rotatable bonds is 9. The van der Waals surface area contributed by atoms with E-state index in [-0.39, 0.29) is 24.9 Å². The zero-order valence-electron chi connectivity index (χ0n) is 21.3. The monoisotopic (exact) mass is 553 g/mol. The zero-order valence-corrected chi connectivity index (χ0v) is 21.3. The maximum Gasteiger partial charge on any atom is 0.435 e. The molecule has 1 saturated carbocycles. The average Bonchev–Trinajstić information content (AvgIpc) is 3.65. The van der Waals surface area contributed by atoms with Gasteiger partial charge >= 0.3 is 6.18 Å². The van der Waals surface area contributed by atoms with Crippen LogP contribution < -0.4 is 16.8 Å². The summed E-state index contributed by atoms with van der Waals surface area (Å²) in [5.74, 6) is -1.43. The predicted molar refractivity (Wildman–Crippen MR) is 142 cm³/mol. The number of anilines is 2. The molecule has 3 aromatic carbocycles. The maximum atomic E-state index is 15.0. The van der Waals surface area contributed by atoms with E-state index in [4.69, 9.17) is 16.2 Å². The van der Waals surface area contributed by atoms with Gasteiger partial charge in [-0.3, -0.25) is 4.79 Å². The summed E-state index contributed by atoms with van der Waals surface area (Å²) in [7, 11) is 0. The third-order valence-corrected chi connectivity index (χ3v) is 6.61. The number of halogens is 4. The van der Waals surface area contributed by atoms with Gasteiger partial charge in [-0.25, -0.2) is 9.07 Å². The molecule has 40 heavy (non-hydrogen) atoms. The van der Waals surface area contributed by atoms with Gasteiger partial charge in [0.15, 0.2) is 5.69 Å². The van der Waals surface area contributed by atoms with Crippen LogP contribution >= 0.6 is 0 Å². The highest BCUT2D eigenvalue weighted by atomic mass is 19.4. The van der Waals surface area contributed by atoms with Gasteiger partial charge in [-0.15, -0.1) is 0 Å². The van der Waals surface area contributed by atoms with Crippen LogP contribution in [0.25, 0.3) is 5.69 Å². The molecule has 1 heterocycles. The van der Waals surface area contributed by atoms with E-state index < -0.39 is 29.3 Å². The van der Waals surface area contributed by atoms with Crippen molar-refractivity contribution in [2.75, 3.05) is 11.1 Å². The van der Waals surface area contributed by atoms with Crippen molar-refractivity contribution in [1.29, 1.82) is 0 Å². The Bertz CT molecular complexity index is 1530. The van der Waals surface area contributed by atoms with Gasteiger partial charge < -0.3 is 21.5 Å². The van der Waals surface area contributed by atoms with Crippen molar-refractivity contribution in [1.82, 2.24) is 9.78 Å². The van der Waals surface area contributed by atoms with Crippen LogP contribution in [0, 0.1) is 11.7 Å². The topological polar surface area (TPSA) is 108 Å². The Morgan fingerprint density at radius 2 is 1.82 bits per heavy atom. The minimum absolute atomic E-state index is 0.0596. The lowest BCUT2D eigenvalue weighted by atomic mass is 10.0. The Hall–Kier alpha value is -4.22. The fraction of sp³-hybridized carbons (Fsp3) is 0.241. The fourth-order valence-electron chi connectivity index (χ4n) is 4.47. The molecule has 208 valence electrons. The first kappa shape index (κ1) is 27.4. The Kier molecular flexibility index (Phi) is 7.59. The number of benzene rings is 3. The first-order valence-electron chi connectivity index (χ1n) is 12.7. The summed E-state index contributed by atoms with van der Waals surface area (Å²) in [6.07, 6.45) is -3.10. The van der Waals surface area contributed by atoms with E-state index in [2.05, 4.69) is 10.4 Å². The molecule has 1 fully saturated rings. The van der Waals surface area contributed by atoms with Gasteiger partial charge in [0, 0.05) is 24.0 Å². The molecule has 1 unspecified atom stereocenters. The van der Waals surface area contributed by atoms with Crippen LogP contribution in [0.3, 0.4) is 0 Å². The molecule has 7 nitrogen and oxygen atoms in total. The number of ether oxygens (including phenoxy) is 1. The average molecular weight is 554 g/mol. The number of hydrogen-bond donors (Lipinski definition) is 3. The van der Waals surface area contributed by atoms with E-state index in [1.807, 2.05) is 18.2 Å². The van der Waals surface area contributed by atoms with Crippen molar-refractivity contribution in [3.05, 3.63) is 107 Å². The summed E-state index contributed by atoms with van der Waals surface area (Å²) >= 11 is 0. The fourth-order valence-corrected chi connectivity index (χ4v) is 4.47. The molecule has 5 rings (SSSR count). The van der Waals surface area contributed by atoms with Crippen LogP contribution in [0.1, 0.15) is 51.8 Å². The van der Waals surface area contributed by atoms with E-state index in [1.54, 1.807) is 30.3 Å². The van der Waals surface area contributed by atoms with Crippen LogP contribution in [0.5, 0.6) is 0 Å². The van der Waals surface area contributed by atoms with E-state index in [0.29, 0.717) is 39.2 Å². The number of nitrogen functional groups attached to an aromatic ring is 1. The number of nitrogens with one attached hydrogen (secondary N) is 1. The highest BCUT2D eigenvalue weighted by Crippen LogP contribution is 2.44. The second-order valence-electron chi connectivity index (χ2n) is 9.71. The lowest BCUT2D eigenvalue weighted by Gasteiger charge is -2.19. The minimum Gasteiger partial charge on any atom is -0.399 e. The van der Waals surface area contributed by atoms with Crippen LogP contribution in [0.15, 0.2) is 72.8 Å². The molecule has 1 atom stereocenters. The van der Waals surface area contributed by atoms with E-state index >= 15 is 4.39 Å². The molecule has 1 aromatic heterocycles. The Balaban J connectivity index is 1.44. The van der Waals surface area contributed by atoms with Gasteiger partial charge in [-0.2, -0.15) is 18.3 Å². The van der Waals surface area contributed by atoms with Crippen molar-refractivity contribution in [2.24, 2.45) is 11.7 Å². The summed E-state index contributed by atoms with van der Waals surface area (Å²) < 4.78 is 62.7. The van der Waals surface area contributed by atoms with Crippen LogP contribution in [-0.4, -0.2) is 15.7 Å².